The molecular weight excluding hydrogens is 342 g/mol. The van der Waals surface area contributed by atoms with Crippen LogP contribution in [0.15, 0.2) is 12.1 Å². The van der Waals surface area contributed by atoms with Crippen molar-refractivity contribution >= 4 is 12.4 Å². The lowest BCUT2D eigenvalue weighted by Crippen LogP contribution is -2.34. The monoisotopic (exact) mass is 369 g/mol. The highest BCUT2D eigenvalue weighted by molar-refractivity contribution is 5.77. The van der Waals surface area contributed by atoms with Gasteiger partial charge in [0.05, 0.1) is 12.7 Å². The SMILES string of the molecule is CCOc1cc(C=O)cc(C(O)C(O)CCNC(=O)OC(C)(C)C)c1O. The van der Waals surface area contributed by atoms with Crippen molar-refractivity contribution < 1.29 is 34.4 Å². The van der Waals surface area contributed by atoms with Gasteiger partial charge in [0.2, 0.25) is 0 Å². The van der Waals surface area contributed by atoms with E-state index in [1.54, 1.807) is 27.7 Å². The van der Waals surface area contributed by atoms with Crippen LogP contribution in [0.5, 0.6) is 11.5 Å². The molecule has 8 nitrogen and oxygen atoms in total. The molecule has 0 aromatic heterocycles. The van der Waals surface area contributed by atoms with Gasteiger partial charge in [-0.3, -0.25) is 4.79 Å². The number of carbonyl (C=O) groups excluding carboxylic acids is 2. The van der Waals surface area contributed by atoms with Gasteiger partial charge in [-0.05, 0) is 46.2 Å². The molecule has 0 aliphatic carbocycles. The van der Waals surface area contributed by atoms with Gasteiger partial charge >= 0.3 is 6.09 Å². The fraction of sp³-hybridized carbons (Fsp3) is 0.556. The molecule has 0 radical (unpaired) electrons. The van der Waals surface area contributed by atoms with E-state index >= 15 is 0 Å². The van der Waals surface area contributed by atoms with Gasteiger partial charge in [-0.2, -0.15) is 0 Å². The minimum atomic E-state index is -1.46. The van der Waals surface area contributed by atoms with Crippen LogP contribution in [-0.2, 0) is 4.74 Å². The third kappa shape index (κ3) is 6.53. The van der Waals surface area contributed by atoms with Crippen molar-refractivity contribution in [1.29, 1.82) is 0 Å². The Morgan fingerprint density at radius 3 is 2.50 bits per heavy atom. The smallest absolute Gasteiger partial charge is 0.407 e. The number of aliphatic hydroxyl groups excluding tert-OH is 2. The summed E-state index contributed by atoms with van der Waals surface area (Å²) in [7, 11) is 0. The number of nitrogens with one attached hydrogen (secondary N) is 1. The van der Waals surface area contributed by atoms with E-state index < -0.39 is 23.9 Å². The molecule has 146 valence electrons. The summed E-state index contributed by atoms with van der Waals surface area (Å²) in [6.45, 7) is 7.20. The summed E-state index contributed by atoms with van der Waals surface area (Å²) in [4.78, 5) is 22.6. The minimum absolute atomic E-state index is 0.00906. The second kappa shape index (κ2) is 9.40. The van der Waals surface area contributed by atoms with Crippen LogP contribution in [0.1, 0.15) is 56.1 Å². The summed E-state index contributed by atoms with van der Waals surface area (Å²) in [5.74, 6) is -0.297. The molecule has 0 aliphatic rings. The maximum atomic E-state index is 11.6. The first-order valence-corrected chi connectivity index (χ1v) is 8.37. The number of hydrogen-bond acceptors (Lipinski definition) is 7. The van der Waals surface area contributed by atoms with E-state index in [4.69, 9.17) is 9.47 Å². The molecule has 4 N–H and O–H groups in total. The molecule has 1 amide bonds. The summed E-state index contributed by atoms with van der Waals surface area (Å²) in [6, 6.07) is 2.62. The Labute approximate surface area is 152 Å². The second-order valence-corrected chi connectivity index (χ2v) is 6.74. The number of phenols is 1. The first-order valence-electron chi connectivity index (χ1n) is 8.37. The van der Waals surface area contributed by atoms with Crippen molar-refractivity contribution in [3.05, 3.63) is 23.3 Å². The van der Waals surface area contributed by atoms with Crippen LogP contribution >= 0.6 is 0 Å². The molecule has 0 saturated carbocycles. The first kappa shape index (κ1) is 21.7. The van der Waals surface area contributed by atoms with Crippen molar-refractivity contribution in [3.8, 4) is 11.5 Å². The highest BCUT2D eigenvalue weighted by Crippen LogP contribution is 2.36. The largest absolute Gasteiger partial charge is 0.504 e. The summed E-state index contributed by atoms with van der Waals surface area (Å²) >= 11 is 0. The van der Waals surface area contributed by atoms with Crippen LogP contribution in [0.2, 0.25) is 0 Å². The summed E-state index contributed by atoms with van der Waals surface area (Å²) < 4.78 is 10.3. The Balaban J connectivity index is 2.76. The molecule has 0 spiro atoms. The number of carbonyl (C=O) groups is 2. The molecule has 1 aromatic rings. The van der Waals surface area contributed by atoms with Gasteiger partial charge in [0.1, 0.15) is 18.0 Å². The quantitative estimate of drug-likeness (QED) is 0.516. The topological polar surface area (TPSA) is 125 Å². The van der Waals surface area contributed by atoms with Crippen molar-refractivity contribution in [2.75, 3.05) is 13.2 Å². The molecule has 1 rings (SSSR count). The van der Waals surface area contributed by atoms with Crippen LogP contribution in [-0.4, -0.2) is 52.6 Å². The standard InChI is InChI=1S/C18H27NO7/c1-5-25-14-9-11(10-20)8-12(16(14)23)15(22)13(21)6-7-19-17(24)26-18(2,3)4/h8-10,13,15,21-23H,5-7H2,1-4H3,(H,19,24). The molecule has 2 unspecified atom stereocenters. The number of aldehydes is 1. The minimum Gasteiger partial charge on any atom is -0.504 e. The molecular formula is C18H27NO7. The average molecular weight is 369 g/mol. The molecule has 8 heteroatoms. The molecule has 0 saturated heterocycles. The maximum Gasteiger partial charge on any atom is 0.407 e. The van der Waals surface area contributed by atoms with E-state index in [-0.39, 0.29) is 42.2 Å². The number of amides is 1. The third-order valence-electron chi connectivity index (χ3n) is 3.35. The van der Waals surface area contributed by atoms with E-state index in [0.717, 1.165) is 0 Å². The van der Waals surface area contributed by atoms with Gasteiger partial charge in [-0.15, -0.1) is 0 Å². The molecule has 0 aliphatic heterocycles. The van der Waals surface area contributed by atoms with Crippen molar-refractivity contribution in [2.45, 2.75) is 51.9 Å². The lowest BCUT2D eigenvalue weighted by atomic mass is 9.98. The van der Waals surface area contributed by atoms with E-state index in [1.165, 1.54) is 12.1 Å². The maximum absolute atomic E-state index is 11.6. The van der Waals surface area contributed by atoms with E-state index in [9.17, 15) is 24.9 Å². The zero-order valence-corrected chi connectivity index (χ0v) is 15.5. The third-order valence-corrected chi connectivity index (χ3v) is 3.35. The van der Waals surface area contributed by atoms with Crippen LogP contribution in [0, 0.1) is 0 Å². The van der Waals surface area contributed by atoms with Crippen molar-refractivity contribution in [3.63, 3.8) is 0 Å². The van der Waals surface area contributed by atoms with Gasteiger partial charge < -0.3 is 30.1 Å². The Hall–Kier alpha value is -2.32. The predicted octanol–water partition coefficient (Wildman–Crippen LogP) is 1.91. The number of ether oxygens (including phenoxy) is 2. The highest BCUT2D eigenvalue weighted by Gasteiger charge is 2.24. The second-order valence-electron chi connectivity index (χ2n) is 6.74. The first-order chi connectivity index (χ1) is 12.1. The van der Waals surface area contributed by atoms with Crippen LogP contribution < -0.4 is 10.1 Å². The van der Waals surface area contributed by atoms with E-state index in [1.807, 2.05) is 0 Å². The highest BCUT2D eigenvalue weighted by atomic mass is 16.6. The van der Waals surface area contributed by atoms with Crippen molar-refractivity contribution in [1.82, 2.24) is 5.32 Å². The van der Waals surface area contributed by atoms with Gasteiger partial charge in [-0.1, -0.05) is 0 Å². The number of hydrogen-bond donors (Lipinski definition) is 4. The van der Waals surface area contributed by atoms with Gasteiger partial charge in [0.25, 0.3) is 0 Å². The molecule has 1 aromatic carbocycles. The lowest BCUT2D eigenvalue weighted by molar-refractivity contribution is 0.0108. The van der Waals surface area contributed by atoms with E-state index in [0.29, 0.717) is 6.29 Å². The summed E-state index contributed by atoms with van der Waals surface area (Å²) in [5.41, 5.74) is -0.471. The van der Waals surface area contributed by atoms with Crippen LogP contribution in [0.25, 0.3) is 0 Å². The number of alkyl carbamates (subject to hydrolysis) is 1. The number of phenolic OH excluding ortho intramolecular Hbond substituents is 1. The Kier molecular flexibility index (Phi) is 7.85. The van der Waals surface area contributed by atoms with Crippen molar-refractivity contribution in [2.24, 2.45) is 0 Å². The van der Waals surface area contributed by atoms with Crippen LogP contribution in [0.4, 0.5) is 4.79 Å². The average Bonchev–Trinajstić information content (AvgIpc) is 2.54. The van der Waals surface area contributed by atoms with E-state index in [2.05, 4.69) is 5.32 Å². The Morgan fingerprint density at radius 1 is 1.31 bits per heavy atom. The number of benzene rings is 1. The number of aromatic hydroxyl groups is 1. The van der Waals surface area contributed by atoms with Gasteiger partial charge in [0.15, 0.2) is 11.5 Å². The fourth-order valence-electron chi connectivity index (χ4n) is 2.21. The molecule has 0 bridgehead atoms. The summed E-state index contributed by atoms with van der Waals surface area (Å²) in [6.07, 6.45) is -2.82. The number of rotatable bonds is 8. The van der Waals surface area contributed by atoms with Gasteiger partial charge in [-0.25, -0.2) is 4.79 Å². The number of aliphatic hydroxyl groups is 2. The Bertz CT molecular complexity index is 625. The van der Waals surface area contributed by atoms with Crippen LogP contribution in [0.3, 0.4) is 0 Å². The summed E-state index contributed by atoms with van der Waals surface area (Å²) in [5, 5.41) is 33.1. The Morgan fingerprint density at radius 2 is 1.96 bits per heavy atom. The molecule has 26 heavy (non-hydrogen) atoms. The predicted molar refractivity (Wildman–Crippen MR) is 94.5 cm³/mol. The lowest BCUT2D eigenvalue weighted by Gasteiger charge is -2.22. The molecule has 0 heterocycles. The molecule has 2 atom stereocenters. The normalized spacial score (nSPS) is 13.6. The van der Waals surface area contributed by atoms with Gasteiger partial charge in [0, 0.05) is 17.7 Å². The molecule has 0 fully saturated rings. The fourth-order valence-corrected chi connectivity index (χ4v) is 2.21. The zero-order chi connectivity index (χ0) is 19.9. The zero-order valence-electron chi connectivity index (χ0n) is 15.5.